The minimum absolute atomic E-state index is 0.882. The second-order valence-corrected chi connectivity index (χ2v) is 9.10. The van der Waals surface area contributed by atoms with E-state index in [0.29, 0.717) is 0 Å². The lowest BCUT2D eigenvalue weighted by Crippen LogP contribution is -2.63. The van der Waals surface area contributed by atoms with Gasteiger partial charge in [-0.3, -0.25) is 0 Å². The van der Waals surface area contributed by atoms with Gasteiger partial charge in [0.2, 0.25) is 0 Å². The van der Waals surface area contributed by atoms with E-state index in [1.165, 1.54) is 29.9 Å². The molecule has 31 heavy (non-hydrogen) atoms. The predicted octanol–water partition coefficient (Wildman–Crippen LogP) is 4.03. The van der Waals surface area contributed by atoms with Crippen LogP contribution in [0.25, 0.3) is 0 Å². The van der Waals surface area contributed by atoms with Crippen LogP contribution in [0.1, 0.15) is 12.0 Å². The summed E-state index contributed by atoms with van der Waals surface area (Å²) in [6.45, 7) is 0. The zero-order valence-electron chi connectivity index (χ0n) is 15.6. The maximum absolute atomic E-state index is 12.2. The molecule has 0 aliphatic carbocycles. The Morgan fingerprint density at radius 1 is 1.03 bits per heavy atom. The molecule has 0 spiro atoms. The Balaban J connectivity index is 0.000000314. The fourth-order valence-corrected chi connectivity index (χ4v) is 4.36. The van der Waals surface area contributed by atoms with Crippen LogP contribution in [0.4, 0.5) is 39.5 Å². The highest BCUT2D eigenvalue weighted by atomic mass is 32.2. The van der Waals surface area contributed by atoms with Gasteiger partial charge in [-0.15, -0.1) is 0 Å². The van der Waals surface area contributed by atoms with Crippen molar-refractivity contribution < 1.29 is 57.2 Å². The molecule has 1 aliphatic heterocycles. The summed E-state index contributed by atoms with van der Waals surface area (Å²) in [7, 11) is -5.66. The predicted molar refractivity (Wildman–Crippen MR) is 93.9 cm³/mol. The Labute approximate surface area is 175 Å². The highest BCUT2D eigenvalue weighted by Crippen LogP contribution is 2.54. The van der Waals surface area contributed by atoms with Crippen LogP contribution in [0.3, 0.4) is 0 Å². The normalized spacial score (nSPS) is 18.4. The van der Waals surface area contributed by atoms with Gasteiger partial charge in [0.1, 0.15) is 17.3 Å². The van der Waals surface area contributed by atoms with Crippen LogP contribution in [0.15, 0.2) is 24.3 Å². The molecule has 4 nitrogen and oxygen atoms in total. The third kappa shape index (κ3) is 5.92. The second kappa shape index (κ2) is 9.65. The standard InChI is InChI=1S/C12H16OS.C4HF9O3S/c1-13-12-5-3-2-4-11(12)8-10-6-7-14-9-10;5-1(6,3(9,10)11)2(7,8)4(12,13)17(14,15)16/h2-5,10H,6-9H2,1H3;(H,14,15,16). The van der Waals surface area contributed by atoms with Crippen molar-refractivity contribution in [1.82, 2.24) is 0 Å². The van der Waals surface area contributed by atoms with Crippen molar-refractivity contribution in [2.24, 2.45) is 5.92 Å². The quantitative estimate of drug-likeness (QED) is 0.252. The van der Waals surface area contributed by atoms with Crippen molar-refractivity contribution >= 4 is 21.9 Å². The number of hydrogen-bond acceptors (Lipinski definition) is 4. The molecule has 180 valence electrons. The Kier molecular flexibility index (Phi) is 8.61. The lowest BCUT2D eigenvalue weighted by Gasteiger charge is -2.34. The fraction of sp³-hybridized carbons (Fsp3) is 0.625. The molecule has 1 heterocycles. The molecule has 0 saturated carbocycles. The summed E-state index contributed by atoms with van der Waals surface area (Å²) in [5.74, 6) is -10.1. The van der Waals surface area contributed by atoms with Gasteiger partial charge in [0.05, 0.1) is 7.11 Å². The first kappa shape index (κ1) is 27.7. The Bertz CT molecular complexity index is 836. The third-order valence-corrected chi connectivity index (χ3v) is 6.45. The van der Waals surface area contributed by atoms with E-state index in [1.54, 1.807) is 18.9 Å². The summed E-state index contributed by atoms with van der Waals surface area (Å²) < 4.78 is 141. The number of hydrogen-bond donors (Lipinski definition) is 0. The number of alkyl halides is 9. The smallest absolute Gasteiger partial charge is 0.460 e. The summed E-state index contributed by atoms with van der Waals surface area (Å²) in [5.41, 5.74) is 1.37. The first-order valence-corrected chi connectivity index (χ1v) is 11.0. The number of thiol groups is 1. The van der Waals surface area contributed by atoms with Gasteiger partial charge in [0.25, 0.3) is 0 Å². The second-order valence-electron chi connectivity index (χ2n) is 6.42. The van der Waals surface area contributed by atoms with Crippen molar-refractivity contribution in [3.8, 4) is 5.75 Å². The number of rotatable bonds is 6. The van der Waals surface area contributed by atoms with Crippen molar-refractivity contribution in [2.75, 3.05) is 18.6 Å². The molecule has 2 rings (SSSR count). The molecule has 0 N–H and O–H groups in total. The largest absolute Gasteiger partial charge is 0.743 e. The van der Waals surface area contributed by atoms with Crippen LogP contribution < -0.4 is 4.74 Å². The Morgan fingerprint density at radius 2 is 1.58 bits per heavy atom. The minimum atomic E-state index is -7.43. The monoisotopic (exact) mass is 508 g/mol. The van der Waals surface area contributed by atoms with Crippen LogP contribution in [-0.4, -0.2) is 54.9 Å². The SMILES string of the molecule is COc1ccccc1CC1CC[SH+]C1.O=S(=O)([O-])C(F)(F)C(F)(F)C(F)(F)C(F)(F)F. The van der Waals surface area contributed by atoms with E-state index in [9.17, 15) is 52.5 Å². The van der Waals surface area contributed by atoms with Gasteiger partial charge in [-0.05, 0) is 36.2 Å². The van der Waals surface area contributed by atoms with Crippen LogP contribution in [-0.2, 0) is 28.3 Å². The molecule has 1 fully saturated rings. The van der Waals surface area contributed by atoms with E-state index < -0.39 is 33.4 Å². The lowest BCUT2D eigenvalue weighted by atomic mass is 9.98. The molecule has 0 amide bonds. The van der Waals surface area contributed by atoms with E-state index >= 15 is 0 Å². The average Bonchev–Trinajstić information content (AvgIpc) is 3.13. The zero-order valence-corrected chi connectivity index (χ0v) is 17.3. The van der Waals surface area contributed by atoms with Crippen LogP contribution >= 0.6 is 0 Å². The van der Waals surface area contributed by atoms with Crippen molar-refractivity contribution in [2.45, 2.75) is 36.1 Å². The maximum atomic E-state index is 12.2. The molecular weight excluding hydrogens is 491 g/mol. The number of benzene rings is 1. The Hall–Kier alpha value is -1.35. The van der Waals surface area contributed by atoms with E-state index in [1.807, 2.05) is 6.07 Å². The van der Waals surface area contributed by atoms with Crippen LogP contribution in [0.5, 0.6) is 5.75 Å². The van der Waals surface area contributed by atoms with Gasteiger partial charge in [-0.25, -0.2) is 8.42 Å². The minimum Gasteiger partial charge on any atom is -0.743 e. The maximum Gasteiger partial charge on any atom is 0.460 e. The summed E-state index contributed by atoms with van der Waals surface area (Å²) in [5, 5.41) is -7.11. The van der Waals surface area contributed by atoms with Gasteiger partial charge in [-0.1, -0.05) is 18.2 Å². The van der Waals surface area contributed by atoms with Crippen molar-refractivity contribution in [1.29, 1.82) is 0 Å². The highest BCUT2D eigenvalue weighted by molar-refractivity contribution is 7.86. The van der Waals surface area contributed by atoms with Crippen molar-refractivity contribution in [3.05, 3.63) is 29.8 Å². The van der Waals surface area contributed by atoms with Crippen LogP contribution in [0, 0.1) is 5.92 Å². The number of para-hydroxylation sites is 1. The van der Waals surface area contributed by atoms with E-state index in [0.717, 1.165) is 11.7 Å². The van der Waals surface area contributed by atoms with Crippen LogP contribution in [0.2, 0.25) is 0 Å². The molecule has 0 bridgehead atoms. The molecule has 1 aromatic carbocycles. The zero-order chi connectivity index (χ0) is 24.3. The summed E-state index contributed by atoms with van der Waals surface area (Å²) >= 11 is 1.64. The number of halogens is 9. The Morgan fingerprint density at radius 3 is 2.00 bits per heavy atom. The molecule has 1 atom stereocenters. The summed E-state index contributed by atoms with van der Waals surface area (Å²) in [4.78, 5) is 0. The molecular formula is C16H17F9O4S2. The molecule has 1 saturated heterocycles. The van der Waals surface area contributed by atoms with E-state index in [-0.39, 0.29) is 0 Å². The summed E-state index contributed by atoms with van der Waals surface area (Å²) in [6.07, 6.45) is -4.58. The molecule has 1 unspecified atom stereocenters. The van der Waals surface area contributed by atoms with E-state index in [2.05, 4.69) is 18.2 Å². The highest BCUT2D eigenvalue weighted by Gasteiger charge is 2.83. The lowest BCUT2D eigenvalue weighted by molar-refractivity contribution is -0.382. The van der Waals surface area contributed by atoms with Crippen molar-refractivity contribution in [3.63, 3.8) is 0 Å². The molecule has 15 heteroatoms. The molecule has 1 aromatic rings. The van der Waals surface area contributed by atoms with Gasteiger partial charge in [-0.2, -0.15) is 39.5 Å². The topological polar surface area (TPSA) is 66.4 Å². The third-order valence-electron chi connectivity index (χ3n) is 4.21. The first-order chi connectivity index (χ1) is 13.9. The summed E-state index contributed by atoms with van der Waals surface area (Å²) in [6, 6.07) is 8.38. The fourth-order valence-electron chi connectivity index (χ4n) is 2.51. The molecule has 1 aliphatic rings. The van der Waals surface area contributed by atoms with Gasteiger partial charge < -0.3 is 9.29 Å². The average molecular weight is 508 g/mol. The van der Waals surface area contributed by atoms with Gasteiger partial charge >= 0.3 is 23.3 Å². The van der Waals surface area contributed by atoms with E-state index in [4.69, 9.17) is 4.74 Å². The van der Waals surface area contributed by atoms with Gasteiger partial charge in [0.15, 0.2) is 10.1 Å². The van der Waals surface area contributed by atoms with Gasteiger partial charge in [0, 0.05) is 5.92 Å². The molecule has 0 radical (unpaired) electrons. The number of methoxy groups -OCH3 is 1. The molecule has 0 aromatic heterocycles. The first-order valence-electron chi connectivity index (χ1n) is 8.31. The number of ether oxygens (including phenoxy) is 1.